The standard InChI is InChI=1S/C19H22FNO/c1-15-11-17(7-8-19(15)20)12-18-14-21(9-10-22-18)13-16-5-3-2-4-6-16/h2-8,11,18H,9-10,12-14H2,1H3. The van der Waals surface area contributed by atoms with Crippen molar-refractivity contribution in [2.75, 3.05) is 19.7 Å². The Labute approximate surface area is 131 Å². The fourth-order valence-electron chi connectivity index (χ4n) is 2.99. The van der Waals surface area contributed by atoms with Crippen LogP contribution in [0.5, 0.6) is 0 Å². The number of halogens is 1. The van der Waals surface area contributed by atoms with Crippen molar-refractivity contribution in [3.8, 4) is 0 Å². The topological polar surface area (TPSA) is 12.5 Å². The number of aryl methyl sites for hydroxylation is 1. The van der Waals surface area contributed by atoms with Gasteiger partial charge in [0.1, 0.15) is 5.82 Å². The van der Waals surface area contributed by atoms with E-state index in [4.69, 9.17) is 4.74 Å². The van der Waals surface area contributed by atoms with Gasteiger partial charge in [0.25, 0.3) is 0 Å². The average Bonchev–Trinajstić information content (AvgIpc) is 2.52. The summed E-state index contributed by atoms with van der Waals surface area (Å²) >= 11 is 0. The molecule has 116 valence electrons. The van der Waals surface area contributed by atoms with Crippen molar-refractivity contribution in [2.45, 2.75) is 26.0 Å². The second-order valence-electron chi connectivity index (χ2n) is 6.00. The van der Waals surface area contributed by atoms with Gasteiger partial charge >= 0.3 is 0 Å². The minimum Gasteiger partial charge on any atom is -0.375 e. The number of rotatable bonds is 4. The van der Waals surface area contributed by atoms with Crippen LogP contribution in [-0.2, 0) is 17.7 Å². The lowest BCUT2D eigenvalue weighted by atomic mass is 10.0. The van der Waals surface area contributed by atoms with Crippen LogP contribution < -0.4 is 0 Å². The summed E-state index contributed by atoms with van der Waals surface area (Å²) < 4.78 is 19.2. The normalized spacial score (nSPS) is 19.3. The molecule has 22 heavy (non-hydrogen) atoms. The number of ether oxygens (including phenoxy) is 1. The fraction of sp³-hybridized carbons (Fsp3) is 0.368. The largest absolute Gasteiger partial charge is 0.375 e. The van der Waals surface area contributed by atoms with Crippen molar-refractivity contribution in [3.63, 3.8) is 0 Å². The Bertz CT molecular complexity index is 614. The monoisotopic (exact) mass is 299 g/mol. The summed E-state index contributed by atoms with van der Waals surface area (Å²) in [4.78, 5) is 2.43. The lowest BCUT2D eigenvalue weighted by Gasteiger charge is -2.33. The van der Waals surface area contributed by atoms with E-state index in [0.29, 0.717) is 5.56 Å². The lowest BCUT2D eigenvalue weighted by Crippen LogP contribution is -2.42. The third-order valence-electron chi connectivity index (χ3n) is 4.16. The molecular formula is C19H22FNO. The molecule has 0 aromatic heterocycles. The first-order valence-corrected chi connectivity index (χ1v) is 7.83. The van der Waals surface area contributed by atoms with Crippen LogP contribution in [0.1, 0.15) is 16.7 Å². The summed E-state index contributed by atoms with van der Waals surface area (Å²) in [5.41, 5.74) is 3.18. The van der Waals surface area contributed by atoms with Gasteiger partial charge in [-0.25, -0.2) is 4.39 Å². The van der Waals surface area contributed by atoms with Crippen LogP contribution in [-0.4, -0.2) is 30.7 Å². The van der Waals surface area contributed by atoms with E-state index >= 15 is 0 Å². The summed E-state index contributed by atoms with van der Waals surface area (Å²) in [7, 11) is 0. The van der Waals surface area contributed by atoms with Crippen LogP contribution in [0.3, 0.4) is 0 Å². The first kappa shape index (κ1) is 15.2. The highest BCUT2D eigenvalue weighted by Gasteiger charge is 2.21. The van der Waals surface area contributed by atoms with E-state index < -0.39 is 0 Å². The van der Waals surface area contributed by atoms with Gasteiger partial charge in [-0.15, -0.1) is 0 Å². The molecule has 1 saturated heterocycles. The van der Waals surface area contributed by atoms with Crippen LogP contribution >= 0.6 is 0 Å². The average molecular weight is 299 g/mol. The number of morpholine rings is 1. The molecule has 0 radical (unpaired) electrons. The van der Waals surface area contributed by atoms with Crippen LogP contribution in [0.4, 0.5) is 4.39 Å². The number of benzene rings is 2. The SMILES string of the molecule is Cc1cc(CC2CN(Cc3ccccc3)CCO2)ccc1F. The Morgan fingerprint density at radius 2 is 1.95 bits per heavy atom. The van der Waals surface area contributed by atoms with Crippen molar-refractivity contribution in [1.29, 1.82) is 0 Å². The Hall–Kier alpha value is -1.71. The van der Waals surface area contributed by atoms with E-state index in [2.05, 4.69) is 29.2 Å². The molecule has 1 heterocycles. The molecule has 2 aromatic rings. The smallest absolute Gasteiger partial charge is 0.126 e. The summed E-state index contributed by atoms with van der Waals surface area (Å²) in [5.74, 6) is -0.140. The van der Waals surface area contributed by atoms with Crippen LogP contribution in [0.15, 0.2) is 48.5 Å². The second-order valence-corrected chi connectivity index (χ2v) is 6.00. The summed E-state index contributed by atoms with van der Waals surface area (Å²) in [6.45, 7) is 5.42. The van der Waals surface area contributed by atoms with Crippen molar-refractivity contribution < 1.29 is 9.13 Å². The van der Waals surface area contributed by atoms with E-state index in [1.165, 1.54) is 5.56 Å². The summed E-state index contributed by atoms with van der Waals surface area (Å²) in [6.07, 6.45) is 1.02. The molecule has 1 fully saturated rings. The fourth-order valence-corrected chi connectivity index (χ4v) is 2.99. The molecule has 2 nitrogen and oxygen atoms in total. The van der Waals surface area contributed by atoms with Gasteiger partial charge in [-0.05, 0) is 36.1 Å². The van der Waals surface area contributed by atoms with E-state index in [1.54, 1.807) is 6.07 Å². The minimum absolute atomic E-state index is 0.140. The predicted octanol–water partition coefficient (Wildman–Crippen LogP) is 3.58. The van der Waals surface area contributed by atoms with Gasteiger partial charge in [0.15, 0.2) is 0 Å². The van der Waals surface area contributed by atoms with Crippen molar-refractivity contribution in [1.82, 2.24) is 4.90 Å². The Morgan fingerprint density at radius 1 is 1.14 bits per heavy atom. The maximum atomic E-state index is 13.3. The lowest BCUT2D eigenvalue weighted by molar-refractivity contribution is -0.0305. The second kappa shape index (κ2) is 7.03. The van der Waals surface area contributed by atoms with E-state index in [-0.39, 0.29) is 11.9 Å². The number of nitrogens with zero attached hydrogens (tertiary/aromatic N) is 1. The minimum atomic E-state index is -0.140. The molecule has 3 heteroatoms. The van der Waals surface area contributed by atoms with Gasteiger partial charge in [-0.1, -0.05) is 42.5 Å². The molecule has 3 rings (SSSR count). The summed E-state index contributed by atoms with van der Waals surface area (Å²) in [6, 6.07) is 15.9. The first-order valence-electron chi connectivity index (χ1n) is 7.83. The maximum absolute atomic E-state index is 13.3. The number of hydrogen-bond acceptors (Lipinski definition) is 2. The van der Waals surface area contributed by atoms with Gasteiger partial charge in [0.2, 0.25) is 0 Å². The quantitative estimate of drug-likeness (QED) is 0.855. The van der Waals surface area contributed by atoms with Crippen molar-refractivity contribution >= 4 is 0 Å². The molecule has 1 unspecified atom stereocenters. The zero-order valence-corrected chi connectivity index (χ0v) is 13.0. The van der Waals surface area contributed by atoms with E-state index in [9.17, 15) is 4.39 Å². The Balaban J connectivity index is 1.59. The van der Waals surface area contributed by atoms with Crippen LogP contribution in [0, 0.1) is 12.7 Å². The Kier molecular flexibility index (Phi) is 4.86. The third kappa shape index (κ3) is 3.93. The molecule has 0 N–H and O–H groups in total. The molecule has 0 bridgehead atoms. The number of hydrogen-bond donors (Lipinski definition) is 0. The highest BCUT2D eigenvalue weighted by atomic mass is 19.1. The molecule has 2 aromatic carbocycles. The van der Waals surface area contributed by atoms with Gasteiger partial charge in [-0.3, -0.25) is 4.90 Å². The molecule has 0 saturated carbocycles. The zero-order valence-electron chi connectivity index (χ0n) is 13.0. The molecule has 1 atom stereocenters. The van der Waals surface area contributed by atoms with Crippen LogP contribution in [0.2, 0.25) is 0 Å². The molecular weight excluding hydrogens is 277 g/mol. The molecule has 0 aliphatic carbocycles. The van der Waals surface area contributed by atoms with E-state index in [1.807, 2.05) is 25.1 Å². The maximum Gasteiger partial charge on any atom is 0.126 e. The molecule has 1 aliphatic heterocycles. The highest BCUT2D eigenvalue weighted by molar-refractivity contribution is 5.24. The van der Waals surface area contributed by atoms with Gasteiger partial charge < -0.3 is 4.74 Å². The molecule has 1 aliphatic rings. The zero-order chi connectivity index (χ0) is 15.4. The summed E-state index contributed by atoms with van der Waals surface area (Å²) in [5, 5.41) is 0. The van der Waals surface area contributed by atoms with Gasteiger partial charge in [0, 0.05) is 19.6 Å². The third-order valence-corrected chi connectivity index (χ3v) is 4.16. The van der Waals surface area contributed by atoms with Gasteiger partial charge in [-0.2, -0.15) is 0 Å². The van der Waals surface area contributed by atoms with Crippen LogP contribution in [0.25, 0.3) is 0 Å². The highest BCUT2D eigenvalue weighted by Crippen LogP contribution is 2.16. The first-order chi connectivity index (χ1) is 10.7. The Morgan fingerprint density at radius 3 is 2.73 bits per heavy atom. The van der Waals surface area contributed by atoms with Crippen molar-refractivity contribution in [3.05, 3.63) is 71.0 Å². The van der Waals surface area contributed by atoms with E-state index in [0.717, 1.165) is 38.2 Å². The predicted molar refractivity (Wildman–Crippen MR) is 86.3 cm³/mol. The van der Waals surface area contributed by atoms with Crippen molar-refractivity contribution in [2.24, 2.45) is 0 Å². The molecule has 0 amide bonds. The molecule has 0 spiro atoms. The van der Waals surface area contributed by atoms with Gasteiger partial charge in [0.05, 0.1) is 12.7 Å².